The molecule has 18 heavy (non-hydrogen) atoms. The molecule has 2 aromatic rings. The molecule has 4 nitrogen and oxygen atoms in total. The number of nitrogens with one attached hydrogen (secondary N) is 1. The van der Waals surface area contributed by atoms with Crippen LogP contribution in [0.25, 0.3) is 11.1 Å². The van der Waals surface area contributed by atoms with E-state index >= 15 is 0 Å². The fraction of sp³-hybridized carbons (Fsp3) is 0.385. The van der Waals surface area contributed by atoms with Crippen molar-refractivity contribution in [2.45, 2.75) is 26.2 Å². The first-order valence-corrected chi connectivity index (χ1v) is 6.11. The van der Waals surface area contributed by atoms with Gasteiger partial charge in [-0.25, -0.2) is 4.98 Å². The van der Waals surface area contributed by atoms with Crippen molar-refractivity contribution in [3.05, 3.63) is 29.7 Å². The molecule has 0 unspecified atom stereocenters. The Morgan fingerprint density at radius 3 is 3.06 bits per heavy atom. The van der Waals surface area contributed by atoms with E-state index in [-0.39, 0.29) is 0 Å². The van der Waals surface area contributed by atoms with Gasteiger partial charge in [-0.1, -0.05) is 19.1 Å². The standard InChI is InChI=1S/C13H15BN2O2/c1-2-11-16-10-7-3-5-9(12(10)18-11)6-4-8-15-13(14)17/h3,5,7H,2,4,6,8H2,1H3,(H,15,17). The average Bonchev–Trinajstić information content (AvgIpc) is 2.78. The van der Waals surface area contributed by atoms with E-state index in [9.17, 15) is 4.79 Å². The summed E-state index contributed by atoms with van der Waals surface area (Å²) in [5, 5.41) is 2.57. The van der Waals surface area contributed by atoms with Crippen molar-refractivity contribution >= 4 is 24.8 Å². The van der Waals surface area contributed by atoms with Crippen LogP contribution in [0, 0.1) is 0 Å². The number of benzene rings is 1. The molecule has 0 fully saturated rings. The lowest BCUT2D eigenvalue weighted by atomic mass is 10.1. The summed E-state index contributed by atoms with van der Waals surface area (Å²) in [5.41, 5.74) is 2.87. The number of rotatable bonds is 5. The van der Waals surface area contributed by atoms with Crippen LogP contribution in [0.1, 0.15) is 24.8 Å². The van der Waals surface area contributed by atoms with Crippen LogP contribution in [0.2, 0.25) is 0 Å². The molecule has 1 heterocycles. The van der Waals surface area contributed by atoms with E-state index in [1.54, 1.807) is 0 Å². The number of para-hydroxylation sites is 1. The lowest BCUT2D eigenvalue weighted by Crippen LogP contribution is -2.22. The van der Waals surface area contributed by atoms with Crippen LogP contribution in [0.5, 0.6) is 0 Å². The van der Waals surface area contributed by atoms with Gasteiger partial charge in [0.1, 0.15) is 5.52 Å². The maximum Gasteiger partial charge on any atom is 0.200 e. The van der Waals surface area contributed by atoms with Gasteiger partial charge in [-0.15, -0.1) is 0 Å². The molecule has 0 aliphatic carbocycles. The summed E-state index contributed by atoms with van der Waals surface area (Å²) in [6.07, 6.45) is 2.44. The van der Waals surface area contributed by atoms with E-state index in [4.69, 9.17) is 12.3 Å². The predicted molar refractivity (Wildman–Crippen MR) is 70.9 cm³/mol. The van der Waals surface area contributed by atoms with Crippen LogP contribution in [-0.4, -0.2) is 25.2 Å². The molecule has 1 aromatic carbocycles. The van der Waals surface area contributed by atoms with Crippen LogP contribution in [0.15, 0.2) is 22.6 Å². The summed E-state index contributed by atoms with van der Waals surface area (Å²) in [4.78, 5) is 14.9. The smallest absolute Gasteiger partial charge is 0.200 e. The van der Waals surface area contributed by atoms with Crippen molar-refractivity contribution in [3.8, 4) is 0 Å². The summed E-state index contributed by atoms with van der Waals surface area (Å²) in [6.45, 7) is 2.58. The maximum atomic E-state index is 10.5. The third-order valence-corrected chi connectivity index (χ3v) is 2.77. The van der Waals surface area contributed by atoms with Crippen molar-refractivity contribution in [1.82, 2.24) is 10.3 Å². The van der Waals surface area contributed by atoms with E-state index in [0.717, 1.165) is 41.8 Å². The second kappa shape index (κ2) is 5.71. The van der Waals surface area contributed by atoms with Crippen LogP contribution in [0.3, 0.4) is 0 Å². The van der Waals surface area contributed by atoms with Gasteiger partial charge < -0.3 is 9.73 Å². The van der Waals surface area contributed by atoms with Gasteiger partial charge in [0.2, 0.25) is 0 Å². The fourth-order valence-electron chi connectivity index (χ4n) is 1.89. The van der Waals surface area contributed by atoms with Crippen LogP contribution in [0.4, 0.5) is 4.79 Å². The first-order chi connectivity index (χ1) is 8.70. The van der Waals surface area contributed by atoms with E-state index in [2.05, 4.69) is 10.3 Å². The van der Waals surface area contributed by atoms with Crippen LogP contribution >= 0.6 is 0 Å². The van der Waals surface area contributed by atoms with Gasteiger partial charge in [-0.3, -0.25) is 4.79 Å². The topological polar surface area (TPSA) is 55.1 Å². The highest BCUT2D eigenvalue weighted by atomic mass is 16.3. The molecule has 0 aliphatic rings. The number of carbonyl (C=O) groups excluding carboxylic acids is 1. The predicted octanol–water partition coefficient (Wildman–Crippen LogP) is 2.20. The molecule has 0 bridgehead atoms. The molecule has 0 aliphatic heterocycles. The summed E-state index contributed by atoms with van der Waals surface area (Å²) < 4.78 is 5.70. The first-order valence-electron chi connectivity index (χ1n) is 6.11. The summed E-state index contributed by atoms with van der Waals surface area (Å²) in [5.74, 6) is 0.272. The van der Waals surface area contributed by atoms with Gasteiger partial charge >= 0.3 is 0 Å². The zero-order valence-corrected chi connectivity index (χ0v) is 10.4. The lowest BCUT2D eigenvalue weighted by Gasteiger charge is -2.03. The number of aromatic nitrogens is 1. The molecule has 1 amide bonds. The molecule has 1 aromatic heterocycles. The second-order valence-electron chi connectivity index (χ2n) is 4.12. The number of carbonyl (C=O) groups is 1. The van der Waals surface area contributed by atoms with Gasteiger partial charge in [-0.05, 0) is 24.5 Å². The molecule has 0 atom stereocenters. The number of hydrogen-bond acceptors (Lipinski definition) is 3. The first kappa shape index (κ1) is 12.7. The molecular formula is C13H15BN2O2. The van der Waals surface area contributed by atoms with Gasteiger partial charge in [0.25, 0.3) is 0 Å². The Morgan fingerprint density at radius 1 is 1.50 bits per heavy atom. The van der Waals surface area contributed by atoms with Gasteiger partial charge in [0.05, 0.1) is 0 Å². The van der Waals surface area contributed by atoms with E-state index in [0.29, 0.717) is 6.54 Å². The van der Waals surface area contributed by atoms with Crippen molar-refractivity contribution < 1.29 is 9.21 Å². The number of nitrogens with zero attached hydrogens (tertiary/aromatic N) is 1. The Hall–Kier alpha value is -1.78. The summed E-state index contributed by atoms with van der Waals surface area (Å²) in [7, 11) is 5.01. The SMILES string of the molecule is [B]C(=O)NCCCc1cccc2nc(CC)oc12. The highest BCUT2D eigenvalue weighted by molar-refractivity contribution is 6.57. The molecule has 0 saturated heterocycles. The van der Waals surface area contributed by atoms with Crippen molar-refractivity contribution in [2.24, 2.45) is 0 Å². The van der Waals surface area contributed by atoms with Crippen LogP contribution < -0.4 is 5.32 Å². The molecule has 2 rings (SSSR count). The quantitative estimate of drug-likeness (QED) is 0.645. The molecule has 1 N–H and O–H groups in total. The number of fused-ring (bicyclic) bond motifs is 1. The van der Waals surface area contributed by atoms with Crippen molar-refractivity contribution in [3.63, 3.8) is 0 Å². The third-order valence-electron chi connectivity index (χ3n) is 2.77. The molecule has 5 heteroatoms. The highest BCUT2D eigenvalue weighted by Crippen LogP contribution is 2.21. The Balaban J connectivity index is 2.07. The second-order valence-corrected chi connectivity index (χ2v) is 4.12. The Morgan fingerprint density at radius 2 is 2.33 bits per heavy atom. The summed E-state index contributed by atoms with van der Waals surface area (Å²) in [6, 6.07) is 5.95. The number of hydrogen-bond donors (Lipinski definition) is 1. The molecule has 92 valence electrons. The largest absolute Gasteiger partial charge is 0.440 e. The van der Waals surface area contributed by atoms with Crippen molar-refractivity contribution in [1.29, 1.82) is 0 Å². The number of amides is 1. The molecule has 0 spiro atoms. The molecule has 2 radical (unpaired) electrons. The van der Waals surface area contributed by atoms with E-state index < -0.39 is 5.81 Å². The van der Waals surface area contributed by atoms with Gasteiger partial charge in [0.15, 0.2) is 25.1 Å². The number of oxazole rings is 1. The van der Waals surface area contributed by atoms with E-state index in [1.807, 2.05) is 25.1 Å². The fourth-order valence-corrected chi connectivity index (χ4v) is 1.89. The monoisotopic (exact) mass is 242 g/mol. The Kier molecular flexibility index (Phi) is 4.02. The summed E-state index contributed by atoms with van der Waals surface area (Å²) >= 11 is 0. The minimum Gasteiger partial charge on any atom is -0.440 e. The normalized spacial score (nSPS) is 10.7. The molecule has 0 saturated carbocycles. The minimum atomic E-state index is -0.485. The maximum absolute atomic E-state index is 10.5. The minimum absolute atomic E-state index is 0.485. The lowest BCUT2D eigenvalue weighted by molar-refractivity contribution is 0.259. The number of aryl methyl sites for hydroxylation is 2. The Labute approximate surface area is 107 Å². The van der Waals surface area contributed by atoms with E-state index in [1.165, 1.54) is 0 Å². The third kappa shape index (κ3) is 2.91. The van der Waals surface area contributed by atoms with Gasteiger partial charge in [0, 0.05) is 13.0 Å². The molecular weight excluding hydrogens is 227 g/mol. The zero-order chi connectivity index (χ0) is 13.0. The highest BCUT2D eigenvalue weighted by Gasteiger charge is 2.08. The van der Waals surface area contributed by atoms with Gasteiger partial charge in [-0.2, -0.15) is 0 Å². The average molecular weight is 242 g/mol. The van der Waals surface area contributed by atoms with Crippen molar-refractivity contribution in [2.75, 3.05) is 6.54 Å². The van der Waals surface area contributed by atoms with Crippen LogP contribution in [-0.2, 0) is 12.8 Å². The Bertz CT molecular complexity index is 551. The zero-order valence-electron chi connectivity index (χ0n) is 10.4.